The second-order valence-electron chi connectivity index (χ2n) is 3.44. The summed E-state index contributed by atoms with van der Waals surface area (Å²) in [5, 5.41) is 8.71. The van der Waals surface area contributed by atoms with E-state index in [0.29, 0.717) is 24.6 Å². The van der Waals surface area contributed by atoms with Crippen molar-refractivity contribution in [2.75, 3.05) is 26.9 Å². The largest absolute Gasteiger partial charge is 0.477 e. The third-order valence-corrected chi connectivity index (χ3v) is 2.07. The average molecular weight is 224 g/mol. The molecule has 0 aliphatic heterocycles. The maximum atomic E-state index is 11.1. The Bertz CT molecular complexity index is 355. The van der Waals surface area contributed by atoms with Crippen molar-refractivity contribution in [2.45, 2.75) is 0 Å². The Kier molecular flexibility index (Phi) is 4.75. The zero-order valence-corrected chi connectivity index (χ0v) is 9.22. The Morgan fingerprint density at radius 1 is 1.50 bits per heavy atom. The number of carbonyl (C=O) groups is 1. The second kappa shape index (κ2) is 6.09. The Labute approximate surface area is 94.4 Å². The summed E-state index contributed by atoms with van der Waals surface area (Å²) in [6, 6.07) is 6.80. The third-order valence-electron chi connectivity index (χ3n) is 2.07. The van der Waals surface area contributed by atoms with Crippen molar-refractivity contribution >= 4 is 5.91 Å². The number of para-hydroxylation sites is 1. The topological polar surface area (TPSA) is 75.8 Å². The minimum Gasteiger partial charge on any atom is -0.477 e. The van der Waals surface area contributed by atoms with Gasteiger partial charge in [0, 0.05) is 6.54 Å². The van der Waals surface area contributed by atoms with E-state index in [1.165, 1.54) is 0 Å². The molecule has 0 saturated carbocycles. The van der Waals surface area contributed by atoms with Gasteiger partial charge in [-0.3, -0.25) is 9.69 Å². The van der Waals surface area contributed by atoms with Crippen LogP contribution in [-0.4, -0.2) is 42.8 Å². The summed E-state index contributed by atoms with van der Waals surface area (Å²) in [7, 11) is 1.81. The van der Waals surface area contributed by atoms with Crippen molar-refractivity contribution in [3.63, 3.8) is 0 Å². The summed E-state index contributed by atoms with van der Waals surface area (Å²) in [4.78, 5) is 12.9. The molecule has 3 N–H and O–H groups in total. The predicted octanol–water partition coefficient (Wildman–Crippen LogP) is 0.0459. The molecule has 0 spiro atoms. The molecule has 5 nitrogen and oxygen atoms in total. The summed E-state index contributed by atoms with van der Waals surface area (Å²) >= 11 is 0. The Morgan fingerprint density at radius 2 is 2.19 bits per heavy atom. The number of primary amides is 1. The first kappa shape index (κ1) is 12.5. The van der Waals surface area contributed by atoms with E-state index in [4.69, 9.17) is 15.6 Å². The van der Waals surface area contributed by atoms with Crippen LogP contribution in [0.25, 0.3) is 0 Å². The number of carbonyl (C=O) groups excluding carboxylic acids is 1. The van der Waals surface area contributed by atoms with Gasteiger partial charge in [-0.25, -0.2) is 0 Å². The van der Waals surface area contributed by atoms with Crippen LogP contribution in [0.2, 0.25) is 0 Å². The number of hydrogen-bond donors (Lipinski definition) is 2. The van der Waals surface area contributed by atoms with Gasteiger partial charge in [0.05, 0.1) is 12.2 Å². The van der Waals surface area contributed by atoms with Crippen LogP contribution in [0, 0.1) is 0 Å². The molecule has 0 unspecified atom stereocenters. The van der Waals surface area contributed by atoms with E-state index in [1.54, 1.807) is 29.2 Å². The van der Waals surface area contributed by atoms with Crippen molar-refractivity contribution in [2.24, 2.45) is 5.73 Å². The first-order valence-corrected chi connectivity index (χ1v) is 4.96. The molecule has 0 fully saturated rings. The molecule has 16 heavy (non-hydrogen) atoms. The van der Waals surface area contributed by atoms with Gasteiger partial charge in [-0.05, 0) is 19.2 Å². The molecule has 1 amide bonds. The molecule has 0 aromatic heterocycles. The van der Waals surface area contributed by atoms with Gasteiger partial charge in [-0.15, -0.1) is 0 Å². The zero-order valence-electron chi connectivity index (χ0n) is 9.22. The Hall–Kier alpha value is -1.59. The van der Waals surface area contributed by atoms with E-state index < -0.39 is 5.91 Å². The smallest absolute Gasteiger partial charge is 0.252 e. The van der Waals surface area contributed by atoms with Crippen LogP contribution < -0.4 is 10.5 Å². The summed E-state index contributed by atoms with van der Waals surface area (Å²) in [5.41, 5.74) is 5.57. The van der Waals surface area contributed by atoms with E-state index in [2.05, 4.69) is 0 Å². The number of aliphatic hydroxyl groups excluding tert-OH is 1. The maximum absolute atomic E-state index is 11.1. The molecule has 0 radical (unpaired) electrons. The number of rotatable bonds is 6. The Morgan fingerprint density at radius 3 is 2.81 bits per heavy atom. The van der Waals surface area contributed by atoms with Crippen molar-refractivity contribution < 1.29 is 14.6 Å². The average Bonchev–Trinajstić information content (AvgIpc) is 2.27. The lowest BCUT2D eigenvalue weighted by Gasteiger charge is -2.17. The number of aliphatic hydroxyl groups is 1. The Balaban J connectivity index is 2.63. The van der Waals surface area contributed by atoms with Crippen molar-refractivity contribution in [1.82, 2.24) is 4.90 Å². The fourth-order valence-electron chi connectivity index (χ4n) is 1.21. The fourth-order valence-corrected chi connectivity index (χ4v) is 1.21. The molecule has 0 saturated heterocycles. The number of nitrogens with zero attached hydrogens (tertiary/aromatic N) is 1. The molecule has 0 bridgehead atoms. The number of hydrogen-bond acceptors (Lipinski definition) is 4. The number of ether oxygens (including phenoxy) is 1. The lowest BCUT2D eigenvalue weighted by molar-refractivity contribution is 0.0983. The van der Waals surface area contributed by atoms with Crippen molar-refractivity contribution in [1.29, 1.82) is 0 Å². The highest BCUT2D eigenvalue weighted by atomic mass is 16.5. The predicted molar refractivity (Wildman–Crippen MR) is 60.2 cm³/mol. The van der Waals surface area contributed by atoms with E-state index in [9.17, 15) is 4.79 Å². The summed E-state index contributed by atoms with van der Waals surface area (Å²) in [5.74, 6) is -0.0554. The highest BCUT2D eigenvalue weighted by molar-refractivity contribution is 5.95. The summed E-state index contributed by atoms with van der Waals surface area (Å²) < 4.78 is 5.43. The summed E-state index contributed by atoms with van der Waals surface area (Å²) in [6.07, 6.45) is 0. The van der Waals surface area contributed by atoms with Gasteiger partial charge in [0.15, 0.2) is 0 Å². The molecule has 1 rings (SSSR count). The fraction of sp³-hybridized carbons (Fsp3) is 0.364. The standard InChI is InChI=1S/C11H16N2O3/c1-13(6-7-14)8-16-10-5-3-2-4-9(10)11(12)15/h2-5,14H,6-8H2,1H3,(H2,12,15). The lowest BCUT2D eigenvalue weighted by atomic mass is 10.2. The van der Waals surface area contributed by atoms with Crippen LogP contribution >= 0.6 is 0 Å². The van der Waals surface area contributed by atoms with Crippen LogP contribution in [0.5, 0.6) is 5.75 Å². The molecular formula is C11H16N2O3. The number of likely N-dealkylation sites (N-methyl/N-ethyl adjacent to an activating group) is 1. The van der Waals surface area contributed by atoms with Gasteiger partial charge in [0.1, 0.15) is 12.5 Å². The molecule has 0 atom stereocenters. The molecule has 88 valence electrons. The van der Waals surface area contributed by atoms with Gasteiger partial charge in [0.25, 0.3) is 5.91 Å². The van der Waals surface area contributed by atoms with Gasteiger partial charge in [0.2, 0.25) is 0 Å². The van der Waals surface area contributed by atoms with Crippen LogP contribution in [0.3, 0.4) is 0 Å². The zero-order chi connectivity index (χ0) is 12.0. The molecule has 0 aliphatic rings. The van der Waals surface area contributed by atoms with Gasteiger partial charge < -0.3 is 15.6 Å². The normalized spacial score (nSPS) is 10.4. The number of amides is 1. The van der Waals surface area contributed by atoms with Crippen LogP contribution in [-0.2, 0) is 0 Å². The molecular weight excluding hydrogens is 208 g/mol. The first-order chi connectivity index (χ1) is 7.65. The lowest BCUT2D eigenvalue weighted by Crippen LogP contribution is -2.27. The monoisotopic (exact) mass is 224 g/mol. The van der Waals surface area contributed by atoms with Gasteiger partial charge >= 0.3 is 0 Å². The van der Waals surface area contributed by atoms with E-state index in [0.717, 1.165) is 0 Å². The minimum absolute atomic E-state index is 0.0668. The first-order valence-electron chi connectivity index (χ1n) is 4.96. The minimum atomic E-state index is -0.514. The number of nitrogens with two attached hydrogens (primary N) is 1. The molecule has 0 aliphatic carbocycles. The molecule has 1 aromatic rings. The highest BCUT2D eigenvalue weighted by Crippen LogP contribution is 2.17. The van der Waals surface area contributed by atoms with E-state index in [1.807, 2.05) is 7.05 Å². The van der Waals surface area contributed by atoms with Gasteiger partial charge in [-0.1, -0.05) is 12.1 Å². The van der Waals surface area contributed by atoms with Crippen LogP contribution in [0.1, 0.15) is 10.4 Å². The molecule has 5 heteroatoms. The van der Waals surface area contributed by atoms with Crippen molar-refractivity contribution in [3.05, 3.63) is 29.8 Å². The molecule has 0 heterocycles. The van der Waals surface area contributed by atoms with Crippen molar-refractivity contribution in [3.8, 4) is 5.75 Å². The van der Waals surface area contributed by atoms with Crippen LogP contribution in [0.15, 0.2) is 24.3 Å². The third kappa shape index (κ3) is 3.52. The van der Waals surface area contributed by atoms with Crippen LogP contribution in [0.4, 0.5) is 0 Å². The van der Waals surface area contributed by atoms with E-state index >= 15 is 0 Å². The second-order valence-corrected chi connectivity index (χ2v) is 3.44. The SMILES string of the molecule is CN(CCO)COc1ccccc1C(N)=O. The van der Waals surface area contributed by atoms with Gasteiger partial charge in [-0.2, -0.15) is 0 Å². The summed E-state index contributed by atoms with van der Waals surface area (Å²) in [6.45, 7) is 0.876. The highest BCUT2D eigenvalue weighted by Gasteiger charge is 2.08. The number of benzene rings is 1. The maximum Gasteiger partial charge on any atom is 0.252 e. The quantitative estimate of drug-likeness (QED) is 0.669. The molecule has 1 aromatic carbocycles. The van der Waals surface area contributed by atoms with E-state index in [-0.39, 0.29) is 6.61 Å².